The van der Waals surface area contributed by atoms with Crippen LogP contribution in [0.25, 0.3) is 0 Å². The molecule has 162 valence electrons. The van der Waals surface area contributed by atoms with Crippen LogP contribution in [-0.4, -0.2) is 35.0 Å². The molecule has 6 nitrogen and oxygen atoms in total. The van der Waals surface area contributed by atoms with Gasteiger partial charge in [-0.2, -0.15) is 0 Å². The van der Waals surface area contributed by atoms with Crippen LogP contribution in [0.3, 0.4) is 0 Å². The van der Waals surface area contributed by atoms with E-state index in [0.29, 0.717) is 6.42 Å². The summed E-state index contributed by atoms with van der Waals surface area (Å²) in [4.78, 5) is 24.9. The number of carbonyl (C=O) groups excluding carboxylic acids is 2. The fraction of sp³-hybridized carbons (Fsp3) is 0.417. The van der Waals surface area contributed by atoms with Crippen LogP contribution < -0.4 is 16.4 Å². The van der Waals surface area contributed by atoms with Crippen LogP contribution in [0.4, 0.5) is 0 Å². The van der Waals surface area contributed by atoms with Crippen LogP contribution in [0, 0.1) is 13.8 Å². The number of hydrogen-bond acceptors (Lipinski definition) is 4. The largest absolute Gasteiger partial charge is 0.508 e. The van der Waals surface area contributed by atoms with E-state index >= 15 is 0 Å². The molecular weight excluding hydrogens is 378 g/mol. The average Bonchev–Trinajstić information content (AvgIpc) is 2.69. The van der Waals surface area contributed by atoms with Crippen molar-refractivity contribution in [3.05, 3.63) is 64.7 Å². The van der Waals surface area contributed by atoms with Crippen molar-refractivity contribution in [2.75, 3.05) is 0 Å². The molecular formula is C24H33N3O3. The highest BCUT2D eigenvalue weighted by atomic mass is 16.3. The van der Waals surface area contributed by atoms with Crippen molar-refractivity contribution < 1.29 is 14.7 Å². The second-order valence-corrected chi connectivity index (χ2v) is 8.03. The van der Waals surface area contributed by atoms with E-state index in [1.54, 1.807) is 19.1 Å². The normalized spacial score (nSPS) is 13.9. The van der Waals surface area contributed by atoms with Crippen molar-refractivity contribution in [1.82, 2.24) is 10.6 Å². The molecule has 0 saturated heterocycles. The van der Waals surface area contributed by atoms with E-state index in [9.17, 15) is 14.7 Å². The fourth-order valence-corrected chi connectivity index (χ4v) is 3.46. The van der Waals surface area contributed by atoms with Crippen LogP contribution in [0.2, 0.25) is 0 Å². The topological polar surface area (TPSA) is 104 Å². The minimum atomic E-state index is -0.780. The van der Waals surface area contributed by atoms with Crippen molar-refractivity contribution in [2.45, 2.75) is 65.1 Å². The third-order valence-corrected chi connectivity index (χ3v) is 5.29. The number of nitrogens with two attached hydrogens (primary N) is 1. The van der Waals surface area contributed by atoms with Gasteiger partial charge >= 0.3 is 0 Å². The molecule has 0 fully saturated rings. The summed E-state index contributed by atoms with van der Waals surface area (Å²) in [6, 6.07) is 12.0. The van der Waals surface area contributed by atoms with Crippen LogP contribution in [0.15, 0.2) is 42.5 Å². The zero-order valence-corrected chi connectivity index (χ0v) is 18.2. The number of phenolic OH excluding ortho intramolecular Hbond substituents is 1. The molecule has 0 radical (unpaired) electrons. The fourth-order valence-electron chi connectivity index (χ4n) is 3.46. The standard InChI is InChI=1S/C24H33N3O3/c1-15-12-20(28)13-16(2)21(15)14-22(25)24(30)27-18(4)23(29)26-17(3)10-11-19-8-6-5-7-9-19/h5-9,12-13,17-18,22,28H,10-11,14,25H2,1-4H3,(H,26,29)(H,27,30)/t17?,18-,22?/m1/s1. The maximum Gasteiger partial charge on any atom is 0.242 e. The highest BCUT2D eigenvalue weighted by molar-refractivity contribution is 5.89. The van der Waals surface area contributed by atoms with Gasteiger partial charge < -0.3 is 21.5 Å². The minimum Gasteiger partial charge on any atom is -0.508 e. The maximum atomic E-state index is 12.5. The highest BCUT2D eigenvalue weighted by Crippen LogP contribution is 2.21. The second-order valence-electron chi connectivity index (χ2n) is 8.03. The Bertz CT molecular complexity index is 844. The van der Waals surface area contributed by atoms with Crippen LogP contribution in [0.1, 0.15) is 42.5 Å². The Kier molecular flexibility index (Phi) is 8.42. The first-order valence-electron chi connectivity index (χ1n) is 10.4. The van der Waals surface area contributed by atoms with E-state index in [2.05, 4.69) is 22.8 Å². The lowest BCUT2D eigenvalue weighted by atomic mass is 9.96. The zero-order valence-electron chi connectivity index (χ0n) is 18.2. The quantitative estimate of drug-likeness (QED) is 0.509. The number of rotatable bonds is 9. The predicted molar refractivity (Wildman–Crippen MR) is 119 cm³/mol. The van der Waals surface area contributed by atoms with Crippen LogP contribution in [-0.2, 0) is 22.4 Å². The van der Waals surface area contributed by atoms with Crippen molar-refractivity contribution >= 4 is 11.8 Å². The van der Waals surface area contributed by atoms with E-state index in [1.807, 2.05) is 39.0 Å². The molecule has 0 saturated carbocycles. The van der Waals surface area contributed by atoms with Gasteiger partial charge in [0, 0.05) is 6.04 Å². The number of aryl methyl sites for hydroxylation is 3. The Morgan fingerprint density at radius 3 is 2.20 bits per heavy atom. The van der Waals surface area contributed by atoms with Gasteiger partial charge in [-0.1, -0.05) is 30.3 Å². The number of phenols is 1. The Balaban J connectivity index is 1.83. The summed E-state index contributed by atoms with van der Waals surface area (Å²) in [6.45, 7) is 7.36. The zero-order chi connectivity index (χ0) is 22.3. The lowest BCUT2D eigenvalue weighted by Crippen LogP contribution is -2.52. The monoisotopic (exact) mass is 411 g/mol. The summed E-state index contributed by atoms with van der Waals surface area (Å²) in [5.74, 6) is -0.409. The van der Waals surface area contributed by atoms with Gasteiger partial charge in [0.1, 0.15) is 11.8 Å². The van der Waals surface area contributed by atoms with E-state index < -0.39 is 12.1 Å². The molecule has 6 heteroatoms. The van der Waals surface area contributed by atoms with E-state index in [4.69, 9.17) is 5.73 Å². The Labute approximate surface area is 178 Å². The minimum absolute atomic E-state index is 0.00646. The molecule has 0 aromatic heterocycles. The molecule has 2 unspecified atom stereocenters. The van der Waals surface area contributed by atoms with Gasteiger partial charge in [-0.3, -0.25) is 9.59 Å². The maximum absolute atomic E-state index is 12.5. The number of benzene rings is 2. The third kappa shape index (κ3) is 6.88. The molecule has 0 aliphatic rings. The summed E-state index contributed by atoms with van der Waals surface area (Å²) in [7, 11) is 0. The molecule has 0 aliphatic heterocycles. The van der Waals surface area contributed by atoms with Crippen LogP contribution >= 0.6 is 0 Å². The molecule has 30 heavy (non-hydrogen) atoms. The molecule has 0 bridgehead atoms. The van der Waals surface area contributed by atoms with Gasteiger partial charge in [0.25, 0.3) is 0 Å². The Hall–Kier alpha value is -2.86. The Morgan fingerprint density at radius 1 is 1.00 bits per heavy atom. The molecule has 2 rings (SSSR count). The average molecular weight is 412 g/mol. The second kappa shape index (κ2) is 10.8. The molecule has 2 amide bonds. The van der Waals surface area contributed by atoms with Crippen molar-refractivity contribution in [3.63, 3.8) is 0 Å². The number of aromatic hydroxyl groups is 1. The van der Waals surface area contributed by atoms with Gasteiger partial charge in [-0.15, -0.1) is 0 Å². The molecule has 2 aromatic carbocycles. The van der Waals surface area contributed by atoms with E-state index in [-0.39, 0.29) is 23.6 Å². The molecule has 0 spiro atoms. The SMILES string of the molecule is Cc1cc(O)cc(C)c1CC(N)C(=O)N[C@H](C)C(=O)NC(C)CCc1ccccc1. The molecule has 0 heterocycles. The van der Waals surface area contributed by atoms with Crippen molar-refractivity contribution in [3.8, 4) is 5.75 Å². The first kappa shape index (κ1) is 23.4. The van der Waals surface area contributed by atoms with Gasteiger partial charge in [0.2, 0.25) is 11.8 Å². The lowest BCUT2D eigenvalue weighted by Gasteiger charge is -2.21. The molecule has 0 aliphatic carbocycles. The summed E-state index contributed by atoms with van der Waals surface area (Å²) >= 11 is 0. The first-order valence-corrected chi connectivity index (χ1v) is 10.4. The van der Waals surface area contributed by atoms with Gasteiger partial charge in [-0.05, 0) is 81.3 Å². The first-order chi connectivity index (χ1) is 14.2. The highest BCUT2D eigenvalue weighted by Gasteiger charge is 2.22. The number of amides is 2. The Morgan fingerprint density at radius 2 is 1.60 bits per heavy atom. The summed E-state index contributed by atoms with van der Waals surface area (Å²) < 4.78 is 0. The van der Waals surface area contributed by atoms with Crippen molar-refractivity contribution in [2.24, 2.45) is 5.73 Å². The van der Waals surface area contributed by atoms with Gasteiger partial charge in [0.15, 0.2) is 0 Å². The lowest BCUT2D eigenvalue weighted by molar-refractivity contribution is -0.129. The molecule has 3 atom stereocenters. The third-order valence-electron chi connectivity index (χ3n) is 5.29. The smallest absolute Gasteiger partial charge is 0.242 e. The van der Waals surface area contributed by atoms with Gasteiger partial charge in [-0.25, -0.2) is 0 Å². The number of hydrogen-bond donors (Lipinski definition) is 4. The number of nitrogens with one attached hydrogen (secondary N) is 2. The van der Waals surface area contributed by atoms with E-state index in [1.165, 1.54) is 5.56 Å². The van der Waals surface area contributed by atoms with Gasteiger partial charge in [0.05, 0.1) is 6.04 Å². The molecule has 2 aromatic rings. The van der Waals surface area contributed by atoms with Crippen LogP contribution in [0.5, 0.6) is 5.75 Å². The number of carbonyl (C=O) groups is 2. The summed E-state index contributed by atoms with van der Waals surface area (Å²) in [6.07, 6.45) is 2.03. The predicted octanol–water partition coefficient (Wildman–Crippen LogP) is 2.52. The summed E-state index contributed by atoms with van der Waals surface area (Å²) in [5.41, 5.74) is 10.0. The van der Waals surface area contributed by atoms with E-state index in [0.717, 1.165) is 29.5 Å². The molecule has 5 N–H and O–H groups in total. The van der Waals surface area contributed by atoms with Crippen molar-refractivity contribution in [1.29, 1.82) is 0 Å². The summed E-state index contributed by atoms with van der Waals surface area (Å²) in [5, 5.41) is 15.3.